The molecule has 1 aromatic carbocycles. The fourth-order valence-electron chi connectivity index (χ4n) is 4.83. The van der Waals surface area contributed by atoms with Crippen molar-refractivity contribution in [3.8, 4) is 11.5 Å². The first-order valence-corrected chi connectivity index (χ1v) is 16.2. The van der Waals surface area contributed by atoms with E-state index in [1.165, 1.54) is 6.08 Å². The summed E-state index contributed by atoms with van der Waals surface area (Å²) in [5.74, 6) is 1.54. The van der Waals surface area contributed by atoms with Crippen LogP contribution in [0.1, 0.15) is 90.4 Å². The Kier molecular flexibility index (Phi) is 14.8. The van der Waals surface area contributed by atoms with E-state index in [0.717, 1.165) is 66.4 Å². The highest BCUT2D eigenvalue weighted by Crippen LogP contribution is 2.44. The topological polar surface area (TPSA) is 54.0 Å². The minimum atomic E-state index is -1.96. The van der Waals surface area contributed by atoms with E-state index < -0.39 is 8.32 Å². The van der Waals surface area contributed by atoms with Gasteiger partial charge in [0.1, 0.15) is 11.5 Å². The number of hydrogen-bond donors (Lipinski definition) is 0. The monoisotopic (exact) mass is 518 g/mol. The Morgan fingerprint density at radius 1 is 1.03 bits per heavy atom. The van der Waals surface area contributed by atoms with Crippen LogP contribution in [-0.2, 0) is 14.0 Å². The molecule has 0 saturated carbocycles. The Labute approximate surface area is 221 Å². The number of unbranched alkanes of at least 4 members (excludes halogenated alkanes) is 1. The molecule has 0 spiro atoms. The Morgan fingerprint density at radius 2 is 1.61 bits per heavy atom. The number of methoxy groups -OCH3 is 2. The SMILES string of the molecule is C=CC[C@H](CCCC)c1c(OC)cc([C@H](O[Si](CC)(CC)CC)[C@@H](C)/C=C/C(=O)OCC)cc1OC. The molecular formula is C30H50O5Si. The Balaban J connectivity index is 3.65. The molecule has 36 heavy (non-hydrogen) atoms. The third-order valence-corrected chi connectivity index (χ3v) is 11.9. The maximum absolute atomic E-state index is 12.0. The Morgan fingerprint density at radius 3 is 2.06 bits per heavy atom. The van der Waals surface area contributed by atoms with E-state index in [0.29, 0.717) is 6.61 Å². The average Bonchev–Trinajstić information content (AvgIpc) is 2.90. The summed E-state index contributed by atoms with van der Waals surface area (Å²) in [4.78, 5) is 12.0. The molecule has 0 aliphatic carbocycles. The summed E-state index contributed by atoms with van der Waals surface area (Å²) < 4.78 is 24.1. The maximum Gasteiger partial charge on any atom is 0.330 e. The third-order valence-electron chi connectivity index (χ3n) is 7.27. The molecule has 0 aromatic heterocycles. The van der Waals surface area contributed by atoms with Gasteiger partial charge in [0, 0.05) is 17.6 Å². The number of rotatable bonds is 18. The van der Waals surface area contributed by atoms with Crippen LogP contribution in [0, 0.1) is 5.92 Å². The zero-order chi connectivity index (χ0) is 27.1. The third kappa shape index (κ3) is 8.81. The first-order chi connectivity index (χ1) is 17.3. The summed E-state index contributed by atoms with van der Waals surface area (Å²) in [5, 5.41) is 0. The molecule has 0 bridgehead atoms. The molecule has 204 valence electrons. The molecule has 1 rings (SSSR count). The van der Waals surface area contributed by atoms with Gasteiger partial charge in [-0.25, -0.2) is 4.79 Å². The second kappa shape index (κ2) is 16.6. The molecule has 0 saturated heterocycles. The van der Waals surface area contributed by atoms with Crippen molar-refractivity contribution in [2.75, 3.05) is 20.8 Å². The summed E-state index contributed by atoms with van der Waals surface area (Å²) in [5.41, 5.74) is 2.10. The van der Waals surface area contributed by atoms with Crippen molar-refractivity contribution in [1.82, 2.24) is 0 Å². The average molecular weight is 519 g/mol. The first kappa shape index (κ1) is 32.0. The fourth-order valence-corrected chi connectivity index (χ4v) is 7.72. The van der Waals surface area contributed by atoms with Crippen molar-refractivity contribution in [2.45, 2.75) is 97.4 Å². The number of allylic oxidation sites excluding steroid dienone is 1. The van der Waals surface area contributed by atoms with Crippen molar-refractivity contribution >= 4 is 14.3 Å². The molecule has 5 nitrogen and oxygen atoms in total. The maximum atomic E-state index is 12.0. The molecule has 0 aliphatic heterocycles. The second-order valence-corrected chi connectivity index (χ2v) is 14.2. The van der Waals surface area contributed by atoms with Crippen LogP contribution in [0.4, 0.5) is 0 Å². The van der Waals surface area contributed by atoms with Gasteiger partial charge in [-0.15, -0.1) is 6.58 Å². The number of hydrogen-bond acceptors (Lipinski definition) is 5. The summed E-state index contributed by atoms with van der Waals surface area (Å²) in [6.07, 6.45) is 9.34. The molecule has 0 fully saturated rings. The number of ether oxygens (including phenoxy) is 3. The van der Waals surface area contributed by atoms with Crippen LogP contribution >= 0.6 is 0 Å². The lowest BCUT2D eigenvalue weighted by Gasteiger charge is -2.36. The standard InChI is InChI=1S/C30H50O5Si/c1-10-16-18-24(17-11-2)29-26(32-8)21-25(22-27(29)33-9)30(35-36(13-4,14-5)15-6)23(7)19-20-28(31)34-12-3/h11,19-24,30H,2,10,12-18H2,1,3-9H3/b20-19+/t23-,24+,30+/m0/s1. The molecule has 0 N–H and O–H groups in total. The number of carbonyl (C=O) groups is 1. The van der Waals surface area contributed by atoms with Gasteiger partial charge < -0.3 is 18.6 Å². The Hall–Kier alpha value is -2.05. The van der Waals surface area contributed by atoms with E-state index in [4.69, 9.17) is 18.6 Å². The van der Waals surface area contributed by atoms with E-state index in [9.17, 15) is 4.79 Å². The van der Waals surface area contributed by atoms with Crippen LogP contribution in [0.5, 0.6) is 11.5 Å². The smallest absolute Gasteiger partial charge is 0.330 e. The lowest BCUT2D eigenvalue weighted by molar-refractivity contribution is -0.137. The highest BCUT2D eigenvalue weighted by atomic mass is 28.4. The van der Waals surface area contributed by atoms with Crippen molar-refractivity contribution in [2.24, 2.45) is 5.92 Å². The quantitative estimate of drug-likeness (QED) is 0.0845. The zero-order valence-corrected chi connectivity index (χ0v) is 25.0. The van der Waals surface area contributed by atoms with Gasteiger partial charge in [-0.1, -0.05) is 59.6 Å². The van der Waals surface area contributed by atoms with Crippen LogP contribution in [0.2, 0.25) is 18.1 Å². The normalized spacial score (nSPS) is 14.3. The predicted molar refractivity (Wildman–Crippen MR) is 153 cm³/mol. The van der Waals surface area contributed by atoms with Crippen molar-refractivity contribution in [3.05, 3.63) is 48.1 Å². The largest absolute Gasteiger partial charge is 0.496 e. The van der Waals surface area contributed by atoms with E-state index in [-0.39, 0.29) is 23.9 Å². The van der Waals surface area contributed by atoms with Gasteiger partial charge in [0.25, 0.3) is 0 Å². The van der Waals surface area contributed by atoms with Gasteiger partial charge in [-0.3, -0.25) is 0 Å². The van der Waals surface area contributed by atoms with E-state index >= 15 is 0 Å². The predicted octanol–water partition coefficient (Wildman–Crippen LogP) is 8.37. The molecule has 0 unspecified atom stereocenters. The second-order valence-electron chi connectivity index (χ2n) is 9.46. The van der Waals surface area contributed by atoms with Gasteiger partial charge in [-0.05, 0) is 61.5 Å². The van der Waals surface area contributed by atoms with Gasteiger partial charge in [-0.2, -0.15) is 0 Å². The van der Waals surface area contributed by atoms with Crippen LogP contribution < -0.4 is 9.47 Å². The molecule has 6 heteroatoms. The van der Waals surface area contributed by atoms with Crippen LogP contribution in [-0.4, -0.2) is 35.1 Å². The molecule has 0 heterocycles. The molecule has 0 radical (unpaired) electrons. The minimum absolute atomic E-state index is 0.0461. The molecule has 0 aliphatic rings. The van der Waals surface area contributed by atoms with Crippen molar-refractivity contribution < 1.29 is 23.4 Å². The number of esters is 1. The van der Waals surface area contributed by atoms with Gasteiger partial charge >= 0.3 is 5.97 Å². The van der Waals surface area contributed by atoms with Crippen molar-refractivity contribution in [1.29, 1.82) is 0 Å². The number of benzene rings is 1. The van der Waals surface area contributed by atoms with Gasteiger partial charge in [0.2, 0.25) is 0 Å². The number of carbonyl (C=O) groups excluding carboxylic acids is 1. The lowest BCUT2D eigenvalue weighted by atomic mass is 9.87. The molecular weight excluding hydrogens is 468 g/mol. The summed E-state index contributed by atoms with van der Waals surface area (Å²) in [6.45, 7) is 17.1. The molecule has 0 amide bonds. The van der Waals surface area contributed by atoms with Crippen molar-refractivity contribution in [3.63, 3.8) is 0 Å². The first-order valence-electron chi connectivity index (χ1n) is 13.7. The summed E-state index contributed by atoms with van der Waals surface area (Å²) in [6, 6.07) is 7.33. The zero-order valence-electron chi connectivity index (χ0n) is 24.0. The van der Waals surface area contributed by atoms with E-state index in [1.807, 2.05) is 19.1 Å². The fraction of sp³-hybridized carbons (Fsp3) is 0.633. The highest BCUT2D eigenvalue weighted by Gasteiger charge is 2.35. The minimum Gasteiger partial charge on any atom is -0.496 e. The van der Waals surface area contributed by atoms with Crippen LogP contribution in [0.25, 0.3) is 0 Å². The lowest BCUT2D eigenvalue weighted by Crippen LogP contribution is -2.38. The summed E-state index contributed by atoms with van der Waals surface area (Å²) >= 11 is 0. The van der Waals surface area contributed by atoms with Gasteiger partial charge in [0.05, 0.1) is 26.9 Å². The van der Waals surface area contributed by atoms with Crippen LogP contribution in [0.3, 0.4) is 0 Å². The summed E-state index contributed by atoms with van der Waals surface area (Å²) in [7, 11) is 1.47. The molecule has 3 atom stereocenters. The molecule has 1 aromatic rings. The van der Waals surface area contributed by atoms with Gasteiger partial charge in [0.15, 0.2) is 8.32 Å². The van der Waals surface area contributed by atoms with Crippen LogP contribution in [0.15, 0.2) is 36.9 Å². The Bertz CT molecular complexity index is 797. The highest BCUT2D eigenvalue weighted by molar-refractivity contribution is 6.73. The van der Waals surface area contributed by atoms with E-state index in [1.54, 1.807) is 14.2 Å². The van der Waals surface area contributed by atoms with E-state index in [2.05, 4.69) is 53.3 Å².